The first-order valence-electron chi connectivity index (χ1n) is 7.98. The Bertz CT molecular complexity index is 496. The van der Waals surface area contributed by atoms with Gasteiger partial charge >= 0.3 is 0 Å². The van der Waals surface area contributed by atoms with Crippen molar-refractivity contribution in [2.75, 3.05) is 25.0 Å². The SMILES string of the molecule is CCN1CCCCC1CN=C(N)Nc1ccc(C)c(C)c1. The van der Waals surface area contributed by atoms with E-state index in [0.29, 0.717) is 12.0 Å². The van der Waals surface area contributed by atoms with Gasteiger partial charge in [0.25, 0.3) is 0 Å². The summed E-state index contributed by atoms with van der Waals surface area (Å²) in [5.74, 6) is 0.514. The topological polar surface area (TPSA) is 53.6 Å². The molecule has 0 radical (unpaired) electrons. The summed E-state index contributed by atoms with van der Waals surface area (Å²) in [6.07, 6.45) is 3.85. The Morgan fingerprint density at radius 2 is 2.14 bits per heavy atom. The molecule has 1 atom stereocenters. The highest BCUT2D eigenvalue weighted by molar-refractivity contribution is 5.92. The van der Waals surface area contributed by atoms with Gasteiger partial charge in [-0.25, -0.2) is 0 Å². The van der Waals surface area contributed by atoms with Gasteiger partial charge in [0.1, 0.15) is 0 Å². The molecule has 0 aromatic heterocycles. The summed E-state index contributed by atoms with van der Waals surface area (Å²) in [5.41, 5.74) is 9.58. The lowest BCUT2D eigenvalue weighted by Gasteiger charge is -2.33. The first-order chi connectivity index (χ1) is 10.1. The molecule has 0 saturated carbocycles. The summed E-state index contributed by atoms with van der Waals surface area (Å²) in [6, 6.07) is 6.80. The van der Waals surface area contributed by atoms with Crippen LogP contribution in [-0.4, -0.2) is 36.5 Å². The first-order valence-corrected chi connectivity index (χ1v) is 7.98. The second kappa shape index (κ2) is 7.46. The molecule has 1 saturated heterocycles. The molecule has 1 aliphatic heterocycles. The molecule has 1 aliphatic rings. The average Bonchev–Trinajstić information content (AvgIpc) is 2.49. The molecular weight excluding hydrogens is 260 g/mol. The number of anilines is 1. The minimum atomic E-state index is 0.514. The highest BCUT2D eigenvalue weighted by atomic mass is 15.2. The number of likely N-dealkylation sites (tertiary alicyclic amines) is 1. The Hall–Kier alpha value is -1.55. The molecule has 0 bridgehead atoms. The van der Waals surface area contributed by atoms with E-state index in [2.05, 4.69) is 48.1 Å². The molecule has 0 aliphatic carbocycles. The van der Waals surface area contributed by atoms with Gasteiger partial charge in [0.15, 0.2) is 5.96 Å². The molecule has 116 valence electrons. The predicted octanol–water partition coefficient (Wildman–Crippen LogP) is 2.90. The van der Waals surface area contributed by atoms with Crippen molar-refractivity contribution in [3.8, 4) is 0 Å². The van der Waals surface area contributed by atoms with Crippen LogP contribution in [0.25, 0.3) is 0 Å². The highest BCUT2D eigenvalue weighted by Gasteiger charge is 2.20. The molecule has 1 unspecified atom stereocenters. The van der Waals surface area contributed by atoms with Gasteiger partial charge in [-0.2, -0.15) is 0 Å². The van der Waals surface area contributed by atoms with Crippen molar-refractivity contribution in [3.05, 3.63) is 29.3 Å². The lowest BCUT2D eigenvalue weighted by molar-refractivity contribution is 0.161. The summed E-state index contributed by atoms with van der Waals surface area (Å²) < 4.78 is 0. The van der Waals surface area contributed by atoms with E-state index in [-0.39, 0.29) is 0 Å². The van der Waals surface area contributed by atoms with Gasteiger partial charge in [0.05, 0.1) is 6.54 Å². The Balaban J connectivity index is 1.92. The summed E-state index contributed by atoms with van der Waals surface area (Å²) in [6.45, 7) is 9.52. The molecule has 1 aromatic carbocycles. The van der Waals surface area contributed by atoms with E-state index in [1.54, 1.807) is 0 Å². The lowest BCUT2D eigenvalue weighted by atomic mass is 10.0. The predicted molar refractivity (Wildman–Crippen MR) is 90.9 cm³/mol. The van der Waals surface area contributed by atoms with Crippen molar-refractivity contribution < 1.29 is 0 Å². The van der Waals surface area contributed by atoms with Crippen LogP contribution in [0.2, 0.25) is 0 Å². The van der Waals surface area contributed by atoms with Crippen LogP contribution in [0, 0.1) is 13.8 Å². The number of benzene rings is 1. The monoisotopic (exact) mass is 288 g/mol. The summed E-state index contributed by atoms with van der Waals surface area (Å²) in [7, 11) is 0. The van der Waals surface area contributed by atoms with Crippen LogP contribution >= 0.6 is 0 Å². The smallest absolute Gasteiger partial charge is 0.193 e. The molecule has 0 spiro atoms. The zero-order valence-corrected chi connectivity index (χ0v) is 13.5. The standard InChI is InChI=1S/C17H28N4/c1-4-21-10-6-5-7-16(21)12-19-17(18)20-15-9-8-13(2)14(3)11-15/h8-9,11,16H,4-7,10,12H2,1-3H3,(H3,18,19,20). The third-order valence-corrected chi connectivity index (χ3v) is 4.41. The van der Waals surface area contributed by atoms with Gasteiger partial charge in [-0.1, -0.05) is 19.4 Å². The Kier molecular flexibility index (Phi) is 5.62. The number of aliphatic imine (C=N–C) groups is 1. The van der Waals surface area contributed by atoms with Gasteiger partial charge in [0.2, 0.25) is 0 Å². The normalized spacial score (nSPS) is 20.5. The van der Waals surface area contributed by atoms with E-state index in [4.69, 9.17) is 5.73 Å². The maximum absolute atomic E-state index is 6.02. The highest BCUT2D eigenvalue weighted by Crippen LogP contribution is 2.17. The maximum Gasteiger partial charge on any atom is 0.193 e. The molecule has 4 heteroatoms. The number of nitrogens with two attached hydrogens (primary N) is 1. The minimum Gasteiger partial charge on any atom is -0.370 e. The number of hydrogen-bond donors (Lipinski definition) is 2. The largest absolute Gasteiger partial charge is 0.370 e. The van der Waals surface area contributed by atoms with E-state index in [1.165, 1.54) is 36.9 Å². The fourth-order valence-corrected chi connectivity index (χ4v) is 2.89. The molecule has 1 aromatic rings. The van der Waals surface area contributed by atoms with Gasteiger partial charge < -0.3 is 11.1 Å². The second-order valence-electron chi connectivity index (χ2n) is 5.93. The minimum absolute atomic E-state index is 0.514. The zero-order valence-electron chi connectivity index (χ0n) is 13.5. The maximum atomic E-state index is 6.02. The van der Waals surface area contributed by atoms with Crippen LogP contribution < -0.4 is 11.1 Å². The van der Waals surface area contributed by atoms with E-state index in [1.807, 2.05) is 6.07 Å². The molecule has 3 N–H and O–H groups in total. The third kappa shape index (κ3) is 4.46. The number of piperidine rings is 1. The molecule has 0 amide bonds. The van der Waals surface area contributed by atoms with Crippen molar-refractivity contribution in [2.24, 2.45) is 10.7 Å². The Labute approximate surface area is 128 Å². The first kappa shape index (κ1) is 15.8. The molecule has 1 heterocycles. The van der Waals surface area contributed by atoms with Crippen molar-refractivity contribution >= 4 is 11.6 Å². The summed E-state index contributed by atoms with van der Waals surface area (Å²) >= 11 is 0. The molecule has 2 rings (SSSR count). The van der Waals surface area contributed by atoms with Crippen LogP contribution in [0.5, 0.6) is 0 Å². The number of rotatable bonds is 4. The van der Waals surface area contributed by atoms with Gasteiger partial charge in [-0.05, 0) is 63.0 Å². The molecule has 1 fully saturated rings. The second-order valence-corrected chi connectivity index (χ2v) is 5.93. The Morgan fingerprint density at radius 3 is 2.86 bits per heavy atom. The molecule has 21 heavy (non-hydrogen) atoms. The van der Waals surface area contributed by atoms with Crippen LogP contribution in [0.4, 0.5) is 5.69 Å². The van der Waals surface area contributed by atoms with Gasteiger partial charge in [-0.3, -0.25) is 9.89 Å². The van der Waals surface area contributed by atoms with E-state index >= 15 is 0 Å². The van der Waals surface area contributed by atoms with E-state index in [0.717, 1.165) is 18.8 Å². The number of aryl methyl sites for hydroxylation is 2. The third-order valence-electron chi connectivity index (χ3n) is 4.41. The quantitative estimate of drug-likeness (QED) is 0.661. The average molecular weight is 288 g/mol. The fraction of sp³-hybridized carbons (Fsp3) is 0.588. The summed E-state index contributed by atoms with van der Waals surface area (Å²) in [4.78, 5) is 7.05. The fourth-order valence-electron chi connectivity index (χ4n) is 2.89. The van der Waals surface area contributed by atoms with Crippen LogP contribution in [-0.2, 0) is 0 Å². The number of hydrogen-bond acceptors (Lipinski definition) is 2. The van der Waals surface area contributed by atoms with Gasteiger partial charge in [0, 0.05) is 11.7 Å². The molecular formula is C17H28N4. The van der Waals surface area contributed by atoms with Crippen molar-refractivity contribution in [1.29, 1.82) is 0 Å². The number of guanidine groups is 1. The lowest BCUT2D eigenvalue weighted by Crippen LogP contribution is -2.41. The summed E-state index contributed by atoms with van der Waals surface area (Å²) in [5, 5.41) is 3.19. The van der Waals surface area contributed by atoms with Gasteiger partial charge in [-0.15, -0.1) is 0 Å². The number of nitrogens with one attached hydrogen (secondary N) is 1. The Morgan fingerprint density at radius 1 is 1.33 bits per heavy atom. The van der Waals surface area contributed by atoms with E-state index < -0.39 is 0 Å². The van der Waals surface area contributed by atoms with Crippen LogP contribution in [0.15, 0.2) is 23.2 Å². The molecule has 4 nitrogen and oxygen atoms in total. The van der Waals surface area contributed by atoms with Crippen molar-refractivity contribution in [3.63, 3.8) is 0 Å². The van der Waals surface area contributed by atoms with Crippen molar-refractivity contribution in [2.45, 2.75) is 46.1 Å². The van der Waals surface area contributed by atoms with E-state index in [9.17, 15) is 0 Å². The number of nitrogens with zero attached hydrogens (tertiary/aromatic N) is 2. The number of likely N-dealkylation sites (N-methyl/N-ethyl adjacent to an activating group) is 1. The van der Waals surface area contributed by atoms with Crippen LogP contribution in [0.1, 0.15) is 37.3 Å². The van der Waals surface area contributed by atoms with Crippen molar-refractivity contribution in [1.82, 2.24) is 4.90 Å². The zero-order chi connectivity index (χ0) is 15.2. The van der Waals surface area contributed by atoms with Crippen LogP contribution in [0.3, 0.4) is 0 Å².